The van der Waals surface area contributed by atoms with Gasteiger partial charge >= 0.3 is 0 Å². The second-order valence-electron chi connectivity index (χ2n) is 8.98. The quantitative estimate of drug-likeness (QED) is 0.585. The Labute approximate surface area is 200 Å². The molecule has 0 spiro atoms. The summed E-state index contributed by atoms with van der Waals surface area (Å²) in [6, 6.07) is 8.23. The highest BCUT2D eigenvalue weighted by molar-refractivity contribution is 5.92. The van der Waals surface area contributed by atoms with Crippen molar-refractivity contribution in [2.45, 2.75) is 6.92 Å². The van der Waals surface area contributed by atoms with Crippen LogP contribution in [0.5, 0.6) is 0 Å². The Morgan fingerprint density at radius 2 is 1.59 bits per heavy atom. The Hall–Kier alpha value is -3.24. The number of aryl methyl sites for hydroxylation is 1. The summed E-state index contributed by atoms with van der Waals surface area (Å²) in [5.41, 5.74) is 2.90. The fourth-order valence-electron chi connectivity index (χ4n) is 4.80. The number of carbonyl (C=O) groups excluding carboxylic acids is 1. The van der Waals surface area contributed by atoms with E-state index < -0.39 is 0 Å². The smallest absolute Gasteiger partial charge is 0.238 e. The normalized spacial score (nSPS) is 17.9. The van der Waals surface area contributed by atoms with Gasteiger partial charge in [0.25, 0.3) is 0 Å². The molecule has 1 amide bonds. The molecule has 180 valence electrons. The van der Waals surface area contributed by atoms with E-state index in [1.807, 2.05) is 25.4 Å². The van der Waals surface area contributed by atoms with E-state index in [9.17, 15) is 4.79 Å². The number of rotatable bonds is 6. The third kappa shape index (κ3) is 4.83. The molecule has 10 heteroatoms. The molecule has 0 saturated carbocycles. The molecule has 1 aromatic carbocycles. The van der Waals surface area contributed by atoms with E-state index in [2.05, 4.69) is 59.0 Å². The molecular weight excluding hydrogens is 430 g/mol. The van der Waals surface area contributed by atoms with Gasteiger partial charge in [-0.25, -0.2) is 9.97 Å². The lowest BCUT2D eigenvalue weighted by molar-refractivity contribution is -0.117. The molecule has 0 radical (unpaired) electrons. The molecular formula is C24H33N9O. The minimum atomic E-state index is 0.0226. The number of aromatic nitrogens is 4. The van der Waals surface area contributed by atoms with Gasteiger partial charge in [-0.15, -0.1) is 0 Å². The molecule has 1 N–H and O–H groups in total. The molecule has 10 nitrogen and oxygen atoms in total. The number of amides is 1. The van der Waals surface area contributed by atoms with Gasteiger partial charge in [-0.3, -0.25) is 14.4 Å². The van der Waals surface area contributed by atoms with E-state index in [4.69, 9.17) is 0 Å². The number of likely N-dealkylation sites (N-methyl/N-ethyl adjacent to an activating group) is 1. The van der Waals surface area contributed by atoms with Crippen molar-refractivity contribution in [3.63, 3.8) is 0 Å². The van der Waals surface area contributed by atoms with E-state index in [-0.39, 0.29) is 5.91 Å². The summed E-state index contributed by atoms with van der Waals surface area (Å²) in [5.74, 6) is 0.938. The molecule has 2 fully saturated rings. The van der Waals surface area contributed by atoms with Crippen LogP contribution in [0, 0.1) is 0 Å². The van der Waals surface area contributed by atoms with Crippen LogP contribution in [-0.2, 0) is 11.8 Å². The topological polar surface area (TPSA) is 85.7 Å². The summed E-state index contributed by atoms with van der Waals surface area (Å²) >= 11 is 0. The van der Waals surface area contributed by atoms with Crippen LogP contribution >= 0.6 is 0 Å². The maximum Gasteiger partial charge on any atom is 0.238 e. The fourth-order valence-corrected chi connectivity index (χ4v) is 4.80. The average Bonchev–Trinajstić information content (AvgIpc) is 3.26. The molecule has 2 aromatic heterocycles. The number of benzene rings is 1. The van der Waals surface area contributed by atoms with Crippen LogP contribution in [0.2, 0.25) is 0 Å². The first-order valence-electron chi connectivity index (χ1n) is 12.1. The average molecular weight is 464 g/mol. The number of fused-ring (bicyclic) bond motifs is 1. The molecule has 2 aliphatic heterocycles. The van der Waals surface area contributed by atoms with Gasteiger partial charge in [-0.05, 0) is 30.8 Å². The summed E-state index contributed by atoms with van der Waals surface area (Å²) in [5, 5.41) is 8.32. The Balaban J connectivity index is 1.10. The predicted molar refractivity (Wildman–Crippen MR) is 134 cm³/mol. The van der Waals surface area contributed by atoms with E-state index in [0.717, 1.165) is 81.4 Å². The van der Waals surface area contributed by atoms with Crippen LogP contribution in [0.25, 0.3) is 11.0 Å². The first-order valence-corrected chi connectivity index (χ1v) is 12.1. The van der Waals surface area contributed by atoms with Crippen molar-refractivity contribution in [3.8, 4) is 0 Å². The molecule has 0 aliphatic carbocycles. The molecule has 3 aromatic rings. The zero-order valence-electron chi connectivity index (χ0n) is 20.0. The fraction of sp³-hybridized carbons (Fsp3) is 0.500. The van der Waals surface area contributed by atoms with Crippen molar-refractivity contribution in [2.75, 3.05) is 80.6 Å². The molecule has 2 saturated heterocycles. The lowest BCUT2D eigenvalue weighted by Crippen LogP contribution is -2.49. The summed E-state index contributed by atoms with van der Waals surface area (Å²) in [6.45, 7) is 11.3. The van der Waals surface area contributed by atoms with Gasteiger partial charge in [-0.2, -0.15) is 5.10 Å². The van der Waals surface area contributed by atoms with Crippen LogP contribution in [-0.4, -0.2) is 101 Å². The van der Waals surface area contributed by atoms with Crippen LogP contribution in [0.15, 0.2) is 36.8 Å². The van der Waals surface area contributed by atoms with Gasteiger partial charge < -0.3 is 20.0 Å². The van der Waals surface area contributed by atoms with Gasteiger partial charge in [0.15, 0.2) is 5.65 Å². The van der Waals surface area contributed by atoms with Crippen molar-refractivity contribution in [1.82, 2.24) is 29.5 Å². The van der Waals surface area contributed by atoms with Crippen LogP contribution in [0.4, 0.5) is 17.2 Å². The number of hydrogen-bond acceptors (Lipinski definition) is 8. The first-order chi connectivity index (χ1) is 16.6. The zero-order valence-corrected chi connectivity index (χ0v) is 20.0. The highest BCUT2D eigenvalue weighted by Gasteiger charge is 2.22. The van der Waals surface area contributed by atoms with Crippen molar-refractivity contribution < 1.29 is 4.79 Å². The van der Waals surface area contributed by atoms with Crippen molar-refractivity contribution in [2.24, 2.45) is 7.05 Å². The minimum Gasteiger partial charge on any atom is -0.369 e. The highest BCUT2D eigenvalue weighted by Crippen LogP contribution is 2.23. The van der Waals surface area contributed by atoms with Crippen molar-refractivity contribution in [3.05, 3.63) is 36.8 Å². The molecule has 4 heterocycles. The summed E-state index contributed by atoms with van der Waals surface area (Å²) in [4.78, 5) is 30.8. The SMILES string of the molecule is CCN1CCN(c2ccc(NC(=O)CN3CCN(c4ncnc5c4cnn5C)CC3)cc2)CC1. The second-order valence-corrected chi connectivity index (χ2v) is 8.98. The Morgan fingerprint density at radius 3 is 2.29 bits per heavy atom. The maximum absolute atomic E-state index is 12.7. The van der Waals surface area contributed by atoms with Crippen LogP contribution in [0.1, 0.15) is 6.92 Å². The number of nitrogens with one attached hydrogen (secondary N) is 1. The van der Waals surface area contributed by atoms with Gasteiger partial charge in [0, 0.05) is 70.8 Å². The molecule has 0 atom stereocenters. The molecule has 5 rings (SSSR count). The molecule has 0 unspecified atom stereocenters. The number of nitrogens with zero attached hydrogens (tertiary/aromatic N) is 8. The minimum absolute atomic E-state index is 0.0226. The molecule has 2 aliphatic rings. The van der Waals surface area contributed by atoms with Gasteiger partial charge in [0.1, 0.15) is 12.1 Å². The lowest BCUT2D eigenvalue weighted by Gasteiger charge is -2.35. The van der Waals surface area contributed by atoms with E-state index in [0.29, 0.717) is 6.54 Å². The second kappa shape index (κ2) is 9.94. The molecule has 0 bridgehead atoms. The highest BCUT2D eigenvalue weighted by atomic mass is 16.2. The number of piperazine rings is 2. The van der Waals surface area contributed by atoms with Crippen molar-refractivity contribution in [1.29, 1.82) is 0 Å². The summed E-state index contributed by atoms with van der Waals surface area (Å²) in [6.07, 6.45) is 3.41. The third-order valence-corrected chi connectivity index (χ3v) is 6.88. The molecule has 34 heavy (non-hydrogen) atoms. The largest absolute Gasteiger partial charge is 0.369 e. The first kappa shape index (κ1) is 22.5. The summed E-state index contributed by atoms with van der Waals surface area (Å²) in [7, 11) is 1.89. The number of anilines is 3. The lowest BCUT2D eigenvalue weighted by atomic mass is 10.2. The van der Waals surface area contributed by atoms with E-state index >= 15 is 0 Å². The predicted octanol–water partition coefficient (Wildman–Crippen LogP) is 1.27. The van der Waals surface area contributed by atoms with E-state index in [1.165, 1.54) is 5.69 Å². The Kier molecular flexibility index (Phi) is 6.59. The zero-order chi connectivity index (χ0) is 23.5. The monoisotopic (exact) mass is 463 g/mol. The van der Waals surface area contributed by atoms with Gasteiger partial charge in [-0.1, -0.05) is 6.92 Å². The van der Waals surface area contributed by atoms with E-state index in [1.54, 1.807) is 11.0 Å². The Bertz CT molecular complexity index is 1110. The third-order valence-electron chi connectivity index (χ3n) is 6.88. The summed E-state index contributed by atoms with van der Waals surface area (Å²) < 4.78 is 1.76. The van der Waals surface area contributed by atoms with Gasteiger partial charge in [0.2, 0.25) is 5.91 Å². The standard InChI is InChI=1S/C24H33N9O/c1-3-30-8-12-32(13-9-30)20-6-4-19(5-7-20)28-22(34)17-31-10-14-33(15-11-31)24-21-16-27-29(2)23(21)25-18-26-24/h4-7,16,18H,3,8-15,17H2,1-2H3,(H,28,34). The maximum atomic E-state index is 12.7. The van der Waals surface area contributed by atoms with Gasteiger partial charge in [0.05, 0.1) is 18.1 Å². The van der Waals surface area contributed by atoms with Crippen molar-refractivity contribution >= 4 is 34.1 Å². The number of carbonyl (C=O) groups is 1. The number of hydrogen-bond donors (Lipinski definition) is 1. The van der Waals surface area contributed by atoms with Crippen LogP contribution in [0.3, 0.4) is 0 Å². The van der Waals surface area contributed by atoms with Crippen LogP contribution < -0.4 is 15.1 Å². The Morgan fingerprint density at radius 1 is 0.912 bits per heavy atom.